The van der Waals surface area contributed by atoms with Gasteiger partial charge in [0.2, 0.25) is 0 Å². The molecule has 2 atom stereocenters. The van der Waals surface area contributed by atoms with E-state index in [1.807, 2.05) is 6.92 Å². The van der Waals surface area contributed by atoms with Crippen molar-refractivity contribution in [2.24, 2.45) is 5.92 Å². The van der Waals surface area contributed by atoms with Crippen LogP contribution in [0.25, 0.3) is 0 Å². The van der Waals surface area contributed by atoms with Gasteiger partial charge in [-0.1, -0.05) is 55.5 Å². The first kappa shape index (κ1) is 25.0. The molecule has 2 rings (SSSR count). The van der Waals surface area contributed by atoms with Gasteiger partial charge in [0.25, 0.3) is 5.78 Å². The molecule has 0 bridgehead atoms. The standard InChI is InChI=1S/C8H6O3.C7H6O2.C6H14O2/c9-7(8(10)11)6-4-2-1-3-5-6;8-7(9)6-4-2-1-3-5-6;1-4(5(2)7)6(3)8/h1-5H,(H,10,11);1-5H,(H,8,9);4-8H,1-3H3. The van der Waals surface area contributed by atoms with Crippen LogP contribution >= 0.6 is 0 Å². The summed E-state index contributed by atoms with van der Waals surface area (Å²) in [4.78, 5) is 31.1. The number of carbonyl (C=O) groups is 3. The summed E-state index contributed by atoms with van der Waals surface area (Å²) in [6, 6.07) is 16.2. The Morgan fingerprint density at radius 2 is 1.04 bits per heavy atom. The highest BCUT2D eigenvalue weighted by Gasteiger charge is 2.13. The maximum Gasteiger partial charge on any atom is 0.377 e. The smallest absolute Gasteiger partial charge is 0.377 e. The summed E-state index contributed by atoms with van der Waals surface area (Å²) in [7, 11) is 0. The quantitative estimate of drug-likeness (QED) is 0.456. The molecule has 2 unspecified atom stereocenters. The van der Waals surface area contributed by atoms with Crippen molar-refractivity contribution in [3.8, 4) is 0 Å². The number of aliphatic carboxylic acids is 1. The summed E-state index contributed by atoms with van der Waals surface area (Å²) in [6.07, 6.45) is -0.815. The largest absolute Gasteiger partial charge is 0.478 e. The number of hydrogen-bond donors (Lipinski definition) is 4. The van der Waals surface area contributed by atoms with Gasteiger partial charge in [-0.15, -0.1) is 0 Å². The summed E-state index contributed by atoms with van der Waals surface area (Å²) < 4.78 is 0. The maximum atomic E-state index is 10.7. The number of carbonyl (C=O) groups excluding carboxylic acids is 1. The van der Waals surface area contributed by atoms with Gasteiger partial charge in [-0.05, 0) is 26.0 Å². The van der Waals surface area contributed by atoms with Gasteiger partial charge in [-0.25, -0.2) is 9.59 Å². The molecule has 4 N–H and O–H groups in total. The molecular weight excluding hydrogens is 364 g/mol. The Balaban J connectivity index is 0.000000397. The molecule has 0 aromatic heterocycles. The van der Waals surface area contributed by atoms with Crippen LogP contribution < -0.4 is 0 Å². The lowest BCUT2D eigenvalue weighted by Crippen LogP contribution is -2.24. The SMILES string of the molecule is CC(O)C(C)C(C)O.O=C(O)C(=O)c1ccccc1.O=C(O)c1ccccc1. The molecule has 0 amide bonds. The Bertz CT molecular complexity index is 717. The highest BCUT2D eigenvalue weighted by molar-refractivity contribution is 6.39. The summed E-state index contributed by atoms with van der Waals surface area (Å²) in [5.74, 6) is -3.19. The van der Waals surface area contributed by atoms with Gasteiger partial charge < -0.3 is 20.4 Å². The van der Waals surface area contributed by atoms with Crippen LogP contribution in [0.4, 0.5) is 0 Å². The lowest BCUT2D eigenvalue weighted by atomic mass is 10.0. The van der Waals surface area contributed by atoms with Gasteiger partial charge in [-0.3, -0.25) is 4.79 Å². The first-order valence-electron chi connectivity index (χ1n) is 8.55. The molecule has 0 aliphatic carbocycles. The normalized spacial score (nSPS) is 12.8. The van der Waals surface area contributed by atoms with Crippen LogP contribution in [0.2, 0.25) is 0 Å². The predicted molar refractivity (Wildman–Crippen MR) is 104 cm³/mol. The van der Waals surface area contributed by atoms with E-state index in [0.29, 0.717) is 5.56 Å². The number of hydrogen-bond acceptors (Lipinski definition) is 5. The molecular formula is C21H26O7. The molecule has 28 heavy (non-hydrogen) atoms. The molecule has 2 aromatic rings. The molecule has 2 aromatic carbocycles. The Morgan fingerprint density at radius 3 is 1.25 bits per heavy atom. The Labute approximate surface area is 163 Å². The van der Waals surface area contributed by atoms with Crippen LogP contribution in [0.1, 0.15) is 41.5 Å². The number of aromatic carboxylic acids is 1. The Morgan fingerprint density at radius 1 is 0.679 bits per heavy atom. The second-order valence-corrected chi connectivity index (χ2v) is 6.01. The highest BCUT2D eigenvalue weighted by Crippen LogP contribution is 2.06. The highest BCUT2D eigenvalue weighted by atomic mass is 16.4. The minimum absolute atomic E-state index is 0.0185. The molecule has 0 aliphatic heterocycles. The van der Waals surface area contributed by atoms with Gasteiger partial charge in [0.05, 0.1) is 17.8 Å². The van der Waals surface area contributed by atoms with Crippen LogP contribution in [0.5, 0.6) is 0 Å². The van der Waals surface area contributed by atoms with E-state index in [2.05, 4.69) is 0 Å². The summed E-state index contributed by atoms with van der Waals surface area (Å²) in [5, 5.41) is 34.3. The predicted octanol–water partition coefficient (Wildman–Crippen LogP) is 2.72. The zero-order valence-corrected chi connectivity index (χ0v) is 16.0. The number of rotatable bonds is 5. The average molecular weight is 390 g/mol. The van der Waals surface area contributed by atoms with E-state index >= 15 is 0 Å². The van der Waals surface area contributed by atoms with Crippen molar-refractivity contribution in [2.45, 2.75) is 33.0 Å². The van der Waals surface area contributed by atoms with Crippen molar-refractivity contribution in [1.82, 2.24) is 0 Å². The van der Waals surface area contributed by atoms with E-state index in [0.717, 1.165) is 0 Å². The fourth-order valence-electron chi connectivity index (χ4n) is 1.70. The summed E-state index contributed by atoms with van der Waals surface area (Å²) in [5.41, 5.74) is 0.539. The minimum Gasteiger partial charge on any atom is -0.478 e. The average Bonchev–Trinajstić information content (AvgIpc) is 2.68. The second-order valence-electron chi connectivity index (χ2n) is 6.01. The van der Waals surface area contributed by atoms with Crippen molar-refractivity contribution in [1.29, 1.82) is 0 Å². The van der Waals surface area contributed by atoms with E-state index in [9.17, 15) is 14.4 Å². The number of aliphatic hydroxyl groups excluding tert-OH is 2. The van der Waals surface area contributed by atoms with Crippen molar-refractivity contribution in [3.63, 3.8) is 0 Å². The minimum atomic E-state index is -1.42. The topological polar surface area (TPSA) is 132 Å². The fraction of sp³-hybridized carbons (Fsp3) is 0.286. The molecule has 0 saturated heterocycles. The Hall–Kier alpha value is -3.03. The number of carboxylic acids is 2. The van der Waals surface area contributed by atoms with Crippen LogP contribution in [0.15, 0.2) is 60.7 Å². The summed E-state index contributed by atoms with van der Waals surface area (Å²) >= 11 is 0. The molecule has 7 nitrogen and oxygen atoms in total. The molecule has 0 aliphatic rings. The van der Waals surface area contributed by atoms with E-state index in [1.54, 1.807) is 62.4 Å². The number of benzene rings is 2. The van der Waals surface area contributed by atoms with Crippen LogP contribution in [0, 0.1) is 5.92 Å². The van der Waals surface area contributed by atoms with Crippen LogP contribution in [0.3, 0.4) is 0 Å². The van der Waals surface area contributed by atoms with Crippen molar-refractivity contribution in [3.05, 3.63) is 71.8 Å². The van der Waals surface area contributed by atoms with E-state index in [4.69, 9.17) is 20.4 Å². The number of Topliss-reactive ketones (excluding diaryl/α,β-unsaturated/α-hetero) is 1. The van der Waals surface area contributed by atoms with Gasteiger partial charge in [-0.2, -0.15) is 0 Å². The van der Waals surface area contributed by atoms with Gasteiger partial charge in [0.15, 0.2) is 0 Å². The van der Waals surface area contributed by atoms with Gasteiger partial charge in [0.1, 0.15) is 0 Å². The molecule has 0 radical (unpaired) electrons. The molecule has 0 saturated carbocycles. The first-order chi connectivity index (χ1) is 13.1. The second kappa shape index (κ2) is 13.2. The lowest BCUT2D eigenvalue weighted by molar-refractivity contribution is -0.131. The number of aliphatic hydroxyl groups is 2. The van der Waals surface area contributed by atoms with Gasteiger partial charge >= 0.3 is 11.9 Å². The van der Waals surface area contributed by atoms with E-state index in [1.165, 1.54) is 12.1 Å². The maximum absolute atomic E-state index is 10.7. The first-order valence-corrected chi connectivity index (χ1v) is 8.55. The zero-order valence-electron chi connectivity index (χ0n) is 16.0. The van der Waals surface area contributed by atoms with Gasteiger partial charge in [0, 0.05) is 11.5 Å². The molecule has 152 valence electrons. The third kappa shape index (κ3) is 10.2. The molecule has 0 fully saturated rings. The molecule has 0 heterocycles. The summed E-state index contributed by atoms with van der Waals surface area (Å²) in [6.45, 7) is 5.17. The third-order valence-corrected chi connectivity index (χ3v) is 3.77. The zero-order chi connectivity index (χ0) is 21.7. The number of carboxylic acid groups (broad SMARTS) is 2. The Kier molecular flexibility index (Phi) is 11.8. The monoisotopic (exact) mass is 390 g/mol. The number of ketones is 1. The van der Waals surface area contributed by atoms with Crippen LogP contribution in [-0.2, 0) is 4.79 Å². The molecule has 7 heteroatoms. The molecule has 0 spiro atoms. The van der Waals surface area contributed by atoms with E-state index in [-0.39, 0.29) is 11.5 Å². The van der Waals surface area contributed by atoms with Crippen molar-refractivity contribution < 1.29 is 34.8 Å². The van der Waals surface area contributed by atoms with Crippen molar-refractivity contribution >= 4 is 17.7 Å². The van der Waals surface area contributed by atoms with Crippen LogP contribution in [-0.4, -0.2) is 50.4 Å². The lowest BCUT2D eigenvalue weighted by Gasteiger charge is -2.16. The van der Waals surface area contributed by atoms with Crippen molar-refractivity contribution in [2.75, 3.05) is 0 Å². The fourth-order valence-corrected chi connectivity index (χ4v) is 1.70. The van der Waals surface area contributed by atoms with E-state index < -0.39 is 29.9 Å². The third-order valence-electron chi connectivity index (χ3n) is 3.77.